The van der Waals surface area contributed by atoms with E-state index in [-0.39, 0.29) is 12.5 Å². The Labute approximate surface area is 156 Å². The molecule has 0 saturated carbocycles. The Balaban J connectivity index is 1.93. The molecule has 0 spiro atoms. The molecule has 6 heteroatoms. The minimum absolute atomic E-state index is 0.134. The summed E-state index contributed by atoms with van der Waals surface area (Å²) in [5.41, 5.74) is 5.59. The Hall–Kier alpha value is -2.08. The quantitative estimate of drug-likeness (QED) is 0.742. The van der Waals surface area contributed by atoms with Gasteiger partial charge in [0.05, 0.1) is 0 Å². The molecule has 0 bridgehead atoms. The Morgan fingerprint density at radius 1 is 1.31 bits per heavy atom. The fourth-order valence-electron chi connectivity index (χ4n) is 3.33. The van der Waals surface area contributed by atoms with Crippen LogP contribution in [0.4, 0.5) is 0 Å². The van der Waals surface area contributed by atoms with Crippen molar-refractivity contribution in [3.63, 3.8) is 0 Å². The molecular weight excluding hydrogens is 330 g/mol. The minimum atomic E-state index is -0.546. The third-order valence-electron chi connectivity index (χ3n) is 5.01. The van der Waals surface area contributed by atoms with Gasteiger partial charge in [0.2, 0.25) is 0 Å². The van der Waals surface area contributed by atoms with Crippen LogP contribution in [0.1, 0.15) is 44.0 Å². The summed E-state index contributed by atoms with van der Waals surface area (Å²) in [5.74, 6) is 1.04. The van der Waals surface area contributed by atoms with E-state index in [2.05, 4.69) is 31.0 Å². The van der Waals surface area contributed by atoms with Crippen LogP contribution in [0.25, 0.3) is 0 Å². The van der Waals surface area contributed by atoms with E-state index in [0.717, 1.165) is 19.0 Å². The molecule has 1 aliphatic heterocycles. The van der Waals surface area contributed by atoms with Gasteiger partial charge in [0, 0.05) is 18.2 Å². The number of amides is 2. The number of carbonyl (C=O) groups is 2. The average Bonchev–Trinajstić information content (AvgIpc) is 2.61. The molecule has 144 valence electrons. The largest absolute Gasteiger partial charge is 0.484 e. The standard InChI is InChI=1S/C20H31N3O3/c1-14(2)18(23-9-7-15(3)8-10-23)12-22-20(25)16-5-4-6-17(11-16)26-13-19(21)24/h4-6,11,14-15,18H,7-10,12-13H2,1-3H3,(H2,21,24)(H,22,25)/t18-/m0/s1. The molecule has 1 fully saturated rings. The first-order valence-electron chi connectivity index (χ1n) is 9.40. The number of likely N-dealkylation sites (tertiary alicyclic amines) is 1. The van der Waals surface area contributed by atoms with Crippen molar-refractivity contribution in [2.24, 2.45) is 17.6 Å². The van der Waals surface area contributed by atoms with Crippen LogP contribution in [0.3, 0.4) is 0 Å². The first-order chi connectivity index (χ1) is 12.4. The number of hydrogen-bond donors (Lipinski definition) is 2. The molecule has 2 amide bonds. The molecule has 1 atom stereocenters. The lowest BCUT2D eigenvalue weighted by molar-refractivity contribution is -0.119. The topological polar surface area (TPSA) is 84.7 Å². The first-order valence-corrected chi connectivity index (χ1v) is 9.40. The van der Waals surface area contributed by atoms with Gasteiger partial charge in [-0.1, -0.05) is 26.8 Å². The second kappa shape index (κ2) is 9.57. The molecule has 0 aliphatic carbocycles. The molecule has 2 rings (SSSR count). The zero-order valence-corrected chi connectivity index (χ0v) is 16.0. The maximum absolute atomic E-state index is 12.5. The van der Waals surface area contributed by atoms with E-state index < -0.39 is 5.91 Å². The second-order valence-electron chi connectivity index (χ2n) is 7.52. The summed E-state index contributed by atoms with van der Waals surface area (Å²) in [6, 6.07) is 7.13. The molecule has 3 N–H and O–H groups in total. The van der Waals surface area contributed by atoms with Crippen molar-refractivity contribution in [1.29, 1.82) is 0 Å². The molecule has 6 nitrogen and oxygen atoms in total. The van der Waals surface area contributed by atoms with Crippen LogP contribution in [0.15, 0.2) is 24.3 Å². The van der Waals surface area contributed by atoms with E-state index in [1.54, 1.807) is 24.3 Å². The van der Waals surface area contributed by atoms with Gasteiger partial charge in [0.15, 0.2) is 6.61 Å². The highest BCUT2D eigenvalue weighted by atomic mass is 16.5. The second-order valence-corrected chi connectivity index (χ2v) is 7.52. The summed E-state index contributed by atoms with van der Waals surface area (Å²) >= 11 is 0. The van der Waals surface area contributed by atoms with E-state index >= 15 is 0 Å². The SMILES string of the molecule is CC1CCN([C@@H](CNC(=O)c2cccc(OCC(N)=O)c2)C(C)C)CC1. The van der Waals surface area contributed by atoms with Crippen molar-refractivity contribution in [3.8, 4) is 5.75 Å². The fourth-order valence-corrected chi connectivity index (χ4v) is 3.33. The predicted octanol–water partition coefficient (Wildman–Crippen LogP) is 2.04. The van der Waals surface area contributed by atoms with Crippen molar-refractivity contribution in [1.82, 2.24) is 10.2 Å². The number of rotatable bonds is 8. The number of benzene rings is 1. The van der Waals surface area contributed by atoms with Gasteiger partial charge in [0.25, 0.3) is 11.8 Å². The van der Waals surface area contributed by atoms with Crippen LogP contribution < -0.4 is 15.8 Å². The summed E-state index contributed by atoms with van der Waals surface area (Å²) in [6.07, 6.45) is 2.44. The third-order valence-corrected chi connectivity index (χ3v) is 5.01. The molecule has 0 unspecified atom stereocenters. The third kappa shape index (κ3) is 6.02. The van der Waals surface area contributed by atoms with Crippen LogP contribution in [0.5, 0.6) is 5.75 Å². The molecule has 1 aliphatic rings. The zero-order valence-electron chi connectivity index (χ0n) is 16.0. The van der Waals surface area contributed by atoms with E-state index in [9.17, 15) is 9.59 Å². The van der Waals surface area contributed by atoms with Crippen molar-refractivity contribution in [3.05, 3.63) is 29.8 Å². The molecule has 1 heterocycles. The summed E-state index contributed by atoms with van der Waals surface area (Å²) in [6.45, 7) is 9.31. The van der Waals surface area contributed by atoms with Gasteiger partial charge in [-0.05, 0) is 56.0 Å². The number of nitrogens with two attached hydrogens (primary N) is 1. The highest BCUT2D eigenvalue weighted by molar-refractivity contribution is 5.94. The van der Waals surface area contributed by atoms with Crippen molar-refractivity contribution in [2.75, 3.05) is 26.2 Å². The summed E-state index contributed by atoms with van der Waals surface area (Å²) < 4.78 is 5.26. The highest BCUT2D eigenvalue weighted by Crippen LogP contribution is 2.21. The van der Waals surface area contributed by atoms with Crippen LogP contribution in [0, 0.1) is 11.8 Å². The number of piperidine rings is 1. The molecule has 0 radical (unpaired) electrons. The smallest absolute Gasteiger partial charge is 0.255 e. The van der Waals surface area contributed by atoms with Crippen molar-refractivity contribution >= 4 is 11.8 Å². The lowest BCUT2D eigenvalue weighted by Crippen LogP contribution is -2.49. The number of nitrogens with one attached hydrogen (secondary N) is 1. The zero-order chi connectivity index (χ0) is 19.1. The number of carbonyl (C=O) groups excluding carboxylic acids is 2. The molecule has 0 aromatic heterocycles. The van der Waals surface area contributed by atoms with E-state index in [1.807, 2.05) is 0 Å². The average molecular weight is 361 g/mol. The highest BCUT2D eigenvalue weighted by Gasteiger charge is 2.26. The number of hydrogen-bond acceptors (Lipinski definition) is 4. The van der Waals surface area contributed by atoms with E-state index in [0.29, 0.717) is 29.8 Å². The lowest BCUT2D eigenvalue weighted by Gasteiger charge is -2.38. The Morgan fingerprint density at radius 3 is 2.62 bits per heavy atom. The van der Waals surface area contributed by atoms with Gasteiger partial charge in [-0.3, -0.25) is 14.5 Å². The molecule has 1 aromatic carbocycles. The van der Waals surface area contributed by atoms with E-state index in [1.165, 1.54) is 12.8 Å². The van der Waals surface area contributed by atoms with Crippen LogP contribution in [-0.4, -0.2) is 49.0 Å². The molecular formula is C20H31N3O3. The van der Waals surface area contributed by atoms with Gasteiger partial charge in [0.1, 0.15) is 5.75 Å². The number of ether oxygens (including phenoxy) is 1. The molecule has 26 heavy (non-hydrogen) atoms. The molecule has 1 saturated heterocycles. The van der Waals surface area contributed by atoms with Crippen molar-refractivity contribution < 1.29 is 14.3 Å². The minimum Gasteiger partial charge on any atom is -0.484 e. The predicted molar refractivity (Wildman–Crippen MR) is 102 cm³/mol. The Morgan fingerprint density at radius 2 is 2.00 bits per heavy atom. The van der Waals surface area contributed by atoms with E-state index in [4.69, 9.17) is 10.5 Å². The van der Waals surface area contributed by atoms with Gasteiger partial charge in [-0.2, -0.15) is 0 Å². The Kier molecular flexibility index (Phi) is 7.45. The summed E-state index contributed by atoms with van der Waals surface area (Å²) in [4.78, 5) is 25.8. The van der Waals surface area contributed by atoms with Gasteiger partial charge in [-0.15, -0.1) is 0 Å². The normalized spacial score (nSPS) is 17.1. The van der Waals surface area contributed by atoms with Gasteiger partial charge in [-0.25, -0.2) is 0 Å². The van der Waals surface area contributed by atoms with Crippen LogP contribution in [0.2, 0.25) is 0 Å². The fraction of sp³-hybridized carbons (Fsp3) is 0.600. The first kappa shape index (κ1) is 20.2. The van der Waals surface area contributed by atoms with Gasteiger partial charge < -0.3 is 15.8 Å². The summed E-state index contributed by atoms with van der Waals surface area (Å²) in [5, 5.41) is 3.05. The van der Waals surface area contributed by atoms with Crippen LogP contribution >= 0.6 is 0 Å². The maximum atomic E-state index is 12.5. The summed E-state index contributed by atoms with van der Waals surface area (Å²) in [7, 11) is 0. The van der Waals surface area contributed by atoms with Gasteiger partial charge >= 0.3 is 0 Å². The van der Waals surface area contributed by atoms with Crippen molar-refractivity contribution in [2.45, 2.75) is 39.7 Å². The maximum Gasteiger partial charge on any atom is 0.255 e. The Bertz CT molecular complexity index is 610. The monoisotopic (exact) mass is 361 g/mol. The van der Waals surface area contributed by atoms with Crippen LogP contribution in [-0.2, 0) is 4.79 Å². The lowest BCUT2D eigenvalue weighted by atomic mass is 9.94. The number of primary amides is 1. The number of nitrogens with zero attached hydrogens (tertiary/aromatic N) is 1. The molecule has 1 aromatic rings.